The van der Waals surface area contributed by atoms with Gasteiger partial charge < -0.3 is 9.47 Å². The van der Waals surface area contributed by atoms with Gasteiger partial charge in [-0.1, -0.05) is 86.3 Å². The topological polar surface area (TPSA) is 86.7 Å². The number of carbonyl (C=O) groups excluding carboxylic acids is 4. The molecule has 188 valence electrons. The van der Waals surface area contributed by atoms with E-state index in [0.717, 1.165) is 63.5 Å². The summed E-state index contributed by atoms with van der Waals surface area (Å²) in [6.45, 7) is 0. The van der Waals surface area contributed by atoms with E-state index in [2.05, 4.69) is 0 Å². The molecule has 0 amide bonds. The number of benzene rings is 2. The van der Waals surface area contributed by atoms with Gasteiger partial charge in [-0.25, -0.2) is 9.59 Å². The minimum Gasteiger partial charge on any atom is -0.446 e. The molecule has 6 heteroatoms. The fraction of sp³-hybridized carbons (Fsp3) is 0.400. The number of ketones is 2. The first kappa shape index (κ1) is 25.5. The van der Waals surface area contributed by atoms with E-state index in [1.807, 2.05) is 12.1 Å². The van der Waals surface area contributed by atoms with Crippen LogP contribution in [0.25, 0.3) is 0 Å². The van der Waals surface area contributed by atoms with Crippen LogP contribution < -0.4 is 0 Å². The van der Waals surface area contributed by atoms with Gasteiger partial charge in [-0.15, -0.1) is 0 Å². The van der Waals surface area contributed by atoms with Crippen LogP contribution in [0.3, 0.4) is 0 Å². The maximum Gasteiger partial charge on any atom is 0.332 e. The molecule has 6 nitrogen and oxygen atoms in total. The van der Waals surface area contributed by atoms with Gasteiger partial charge in [0.25, 0.3) is 0 Å². The first-order chi connectivity index (χ1) is 17.5. The van der Waals surface area contributed by atoms with Crippen molar-refractivity contribution >= 4 is 23.5 Å². The van der Waals surface area contributed by atoms with Gasteiger partial charge in [-0.3, -0.25) is 9.59 Å². The standard InChI is InChI=1S/C30H32O6/c31-25(35-29(23-15-3-1-4-16-23)27(33)21-11-7-8-12-21)19-20-26(32)36-30(24-17-5-2-6-18-24)28(34)22-13-9-10-14-22/h1-6,15-22,29-30H,7-14H2/b20-19+. The second kappa shape index (κ2) is 12.4. The molecule has 2 aromatic carbocycles. The molecule has 4 rings (SSSR count). The van der Waals surface area contributed by atoms with Crippen molar-refractivity contribution in [3.05, 3.63) is 83.9 Å². The molecule has 0 spiro atoms. The smallest absolute Gasteiger partial charge is 0.332 e. The molecule has 0 radical (unpaired) electrons. The van der Waals surface area contributed by atoms with Crippen molar-refractivity contribution in [3.8, 4) is 0 Å². The van der Waals surface area contributed by atoms with Crippen LogP contribution >= 0.6 is 0 Å². The Bertz CT molecular complexity index is 991. The number of carbonyl (C=O) groups is 4. The lowest BCUT2D eigenvalue weighted by atomic mass is 9.94. The molecule has 2 atom stereocenters. The first-order valence-corrected chi connectivity index (χ1v) is 12.8. The lowest BCUT2D eigenvalue weighted by Gasteiger charge is -2.20. The van der Waals surface area contributed by atoms with Gasteiger partial charge >= 0.3 is 11.9 Å². The van der Waals surface area contributed by atoms with E-state index in [4.69, 9.17) is 9.47 Å². The Morgan fingerprint density at radius 1 is 0.583 bits per heavy atom. The number of hydrogen-bond acceptors (Lipinski definition) is 6. The van der Waals surface area contributed by atoms with Gasteiger partial charge in [-0.05, 0) is 25.7 Å². The van der Waals surface area contributed by atoms with E-state index in [9.17, 15) is 19.2 Å². The second-order valence-electron chi connectivity index (χ2n) is 9.56. The molecule has 2 aromatic rings. The Labute approximate surface area is 211 Å². The molecule has 2 saturated carbocycles. The zero-order chi connectivity index (χ0) is 25.3. The van der Waals surface area contributed by atoms with Crippen LogP contribution in [0.1, 0.15) is 74.7 Å². The summed E-state index contributed by atoms with van der Waals surface area (Å²) in [4.78, 5) is 51.4. The molecule has 0 heterocycles. The first-order valence-electron chi connectivity index (χ1n) is 12.8. The Kier molecular flexibility index (Phi) is 8.82. The Morgan fingerprint density at radius 3 is 1.25 bits per heavy atom. The predicted molar refractivity (Wildman–Crippen MR) is 134 cm³/mol. The number of esters is 2. The van der Waals surface area contributed by atoms with Crippen LogP contribution in [-0.4, -0.2) is 23.5 Å². The largest absolute Gasteiger partial charge is 0.446 e. The van der Waals surface area contributed by atoms with Gasteiger partial charge in [0.05, 0.1) is 0 Å². The predicted octanol–water partition coefficient (Wildman–Crippen LogP) is 5.63. The van der Waals surface area contributed by atoms with E-state index in [-0.39, 0.29) is 23.4 Å². The van der Waals surface area contributed by atoms with Gasteiger partial charge in [0.2, 0.25) is 0 Å². The second-order valence-corrected chi connectivity index (χ2v) is 9.56. The van der Waals surface area contributed by atoms with Crippen molar-refractivity contribution in [2.24, 2.45) is 11.8 Å². The molecule has 0 saturated heterocycles. The molecular formula is C30H32O6. The van der Waals surface area contributed by atoms with Gasteiger partial charge in [0.1, 0.15) is 0 Å². The van der Waals surface area contributed by atoms with Gasteiger partial charge in [0.15, 0.2) is 23.8 Å². The lowest BCUT2D eigenvalue weighted by Crippen LogP contribution is -2.25. The number of hydrogen-bond donors (Lipinski definition) is 0. The molecule has 0 aromatic heterocycles. The van der Waals surface area contributed by atoms with Crippen molar-refractivity contribution in [1.82, 2.24) is 0 Å². The molecule has 2 aliphatic carbocycles. The zero-order valence-electron chi connectivity index (χ0n) is 20.3. The summed E-state index contributed by atoms with van der Waals surface area (Å²) in [5.74, 6) is -2.13. The van der Waals surface area contributed by atoms with Crippen LogP contribution in [0.15, 0.2) is 72.8 Å². The number of ether oxygens (including phenoxy) is 2. The van der Waals surface area contributed by atoms with Gasteiger partial charge in [-0.2, -0.15) is 0 Å². The molecule has 2 unspecified atom stereocenters. The fourth-order valence-corrected chi connectivity index (χ4v) is 5.13. The summed E-state index contributed by atoms with van der Waals surface area (Å²) >= 11 is 0. The van der Waals surface area contributed by atoms with Gasteiger partial charge in [0, 0.05) is 35.1 Å². The summed E-state index contributed by atoms with van der Waals surface area (Å²) in [5, 5.41) is 0. The monoisotopic (exact) mass is 488 g/mol. The molecule has 2 aliphatic rings. The van der Waals surface area contributed by atoms with E-state index in [1.165, 1.54) is 0 Å². The highest BCUT2D eigenvalue weighted by Gasteiger charge is 2.34. The van der Waals surface area contributed by atoms with Crippen molar-refractivity contribution < 1.29 is 28.7 Å². The highest BCUT2D eigenvalue weighted by atomic mass is 16.6. The summed E-state index contributed by atoms with van der Waals surface area (Å²) in [5.41, 5.74) is 1.20. The third kappa shape index (κ3) is 6.56. The molecule has 0 bridgehead atoms. The third-order valence-corrected chi connectivity index (χ3v) is 7.06. The van der Waals surface area contributed by atoms with Crippen LogP contribution in [0.2, 0.25) is 0 Å². The van der Waals surface area contributed by atoms with Crippen molar-refractivity contribution in [2.75, 3.05) is 0 Å². The van der Waals surface area contributed by atoms with Crippen LogP contribution in [0.5, 0.6) is 0 Å². The molecular weight excluding hydrogens is 456 g/mol. The van der Waals surface area contributed by atoms with E-state index in [1.54, 1.807) is 48.5 Å². The minimum atomic E-state index is -1.02. The normalized spacial score (nSPS) is 18.1. The van der Waals surface area contributed by atoms with Crippen molar-refractivity contribution in [3.63, 3.8) is 0 Å². The summed E-state index contributed by atoms with van der Waals surface area (Å²) in [7, 11) is 0. The molecule has 0 N–H and O–H groups in total. The van der Waals surface area contributed by atoms with E-state index in [0.29, 0.717) is 11.1 Å². The molecule has 0 aliphatic heterocycles. The van der Waals surface area contributed by atoms with Crippen molar-refractivity contribution in [1.29, 1.82) is 0 Å². The average molecular weight is 489 g/mol. The summed E-state index contributed by atoms with van der Waals surface area (Å²) in [6.07, 6.45) is 6.97. The fourth-order valence-electron chi connectivity index (χ4n) is 5.13. The SMILES string of the molecule is O=C(/C=C/C(=O)OC(C(=O)C1CCCC1)c1ccccc1)OC(C(=O)C1CCCC1)c1ccccc1. The van der Waals surface area contributed by atoms with E-state index >= 15 is 0 Å². The zero-order valence-corrected chi connectivity index (χ0v) is 20.3. The molecule has 36 heavy (non-hydrogen) atoms. The number of rotatable bonds is 10. The molecule has 2 fully saturated rings. The Hall–Kier alpha value is -3.54. The summed E-state index contributed by atoms with van der Waals surface area (Å²) in [6, 6.07) is 17.8. The third-order valence-electron chi connectivity index (χ3n) is 7.06. The van der Waals surface area contributed by atoms with Crippen LogP contribution in [0, 0.1) is 11.8 Å². The minimum absolute atomic E-state index is 0.116. The highest BCUT2D eigenvalue weighted by molar-refractivity contribution is 5.96. The Balaban J connectivity index is 1.43. The average Bonchev–Trinajstić information content (AvgIpc) is 3.64. The highest BCUT2D eigenvalue weighted by Crippen LogP contribution is 2.33. The lowest BCUT2D eigenvalue weighted by molar-refractivity contribution is -0.154. The summed E-state index contributed by atoms with van der Waals surface area (Å²) < 4.78 is 11.1. The van der Waals surface area contributed by atoms with Crippen molar-refractivity contribution in [2.45, 2.75) is 63.6 Å². The van der Waals surface area contributed by atoms with Crippen LogP contribution in [-0.2, 0) is 28.7 Å². The Morgan fingerprint density at radius 2 is 0.917 bits per heavy atom. The number of Topliss-reactive ketones (excluding diaryl/α,β-unsaturated/α-hetero) is 2. The maximum absolute atomic E-state index is 13.1. The van der Waals surface area contributed by atoms with E-state index < -0.39 is 24.1 Å². The quantitative estimate of drug-likeness (QED) is 0.318. The maximum atomic E-state index is 13.1. The van der Waals surface area contributed by atoms with Crippen LogP contribution in [0.4, 0.5) is 0 Å².